The van der Waals surface area contributed by atoms with Gasteiger partial charge in [-0.25, -0.2) is 9.79 Å². The zero-order valence-electron chi connectivity index (χ0n) is 13.1. The Balaban J connectivity index is 1.96. The number of carbonyl (C=O) groups excluding carboxylic acids is 1. The molecule has 24 heavy (non-hydrogen) atoms. The van der Waals surface area contributed by atoms with Gasteiger partial charge in [0.2, 0.25) is 5.90 Å². The third-order valence-electron chi connectivity index (χ3n) is 3.45. The number of rotatable bonds is 4. The third kappa shape index (κ3) is 3.19. The maximum Gasteiger partial charge on any atom is 0.363 e. The molecule has 6 heteroatoms. The van der Waals surface area contributed by atoms with Crippen molar-refractivity contribution in [2.24, 2.45) is 4.99 Å². The fourth-order valence-corrected chi connectivity index (χ4v) is 2.81. The van der Waals surface area contributed by atoms with Crippen molar-refractivity contribution < 1.29 is 19.0 Å². The van der Waals surface area contributed by atoms with Crippen molar-refractivity contribution in [3.05, 3.63) is 63.8 Å². The lowest BCUT2D eigenvalue weighted by Crippen LogP contribution is -2.05. The summed E-state index contributed by atoms with van der Waals surface area (Å²) in [7, 11) is 3.16. The van der Waals surface area contributed by atoms with Gasteiger partial charge in [0, 0.05) is 11.1 Å². The van der Waals surface area contributed by atoms with Gasteiger partial charge in [-0.2, -0.15) is 0 Å². The smallest absolute Gasteiger partial charge is 0.363 e. The van der Waals surface area contributed by atoms with Crippen LogP contribution in [0.5, 0.6) is 11.5 Å². The SMILES string of the molecule is COc1ccc(C2=N/C(=C/c3ccccc3OC)C(=O)O2)cc1Br. The first-order chi connectivity index (χ1) is 11.6. The Hall–Kier alpha value is -2.60. The molecule has 0 aromatic heterocycles. The Morgan fingerprint density at radius 3 is 2.54 bits per heavy atom. The number of benzene rings is 2. The molecule has 0 radical (unpaired) electrons. The molecule has 2 aromatic rings. The van der Waals surface area contributed by atoms with Crippen molar-refractivity contribution in [2.75, 3.05) is 14.2 Å². The number of methoxy groups -OCH3 is 2. The first kappa shape index (κ1) is 16.3. The van der Waals surface area contributed by atoms with Crippen LogP contribution >= 0.6 is 15.9 Å². The Bertz CT molecular complexity index is 858. The van der Waals surface area contributed by atoms with Crippen LogP contribution in [0.4, 0.5) is 0 Å². The van der Waals surface area contributed by atoms with Crippen molar-refractivity contribution in [3.8, 4) is 11.5 Å². The van der Waals surface area contributed by atoms with Crippen LogP contribution in [-0.2, 0) is 9.53 Å². The first-order valence-electron chi connectivity index (χ1n) is 7.12. The van der Waals surface area contributed by atoms with E-state index in [4.69, 9.17) is 14.2 Å². The summed E-state index contributed by atoms with van der Waals surface area (Å²) in [4.78, 5) is 16.4. The van der Waals surface area contributed by atoms with Gasteiger partial charge in [0.15, 0.2) is 5.70 Å². The molecule has 2 aromatic carbocycles. The second-order valence-electron chi connectivity index (χ2n) is 4.93. The van der Waals surface area contributed by atoms with E-state index in [1.165, 1.54) is 0 Å². The zero-order chi connectivity index (χ0) is 17.1. The van der Waals surface area contributed by atoms with E-state index < -0.39 is 5.97 Å². The number of para-hydroxylation sites is 1. The van der Waals surface area contributed by atoms with Crippen LogP contribution in [0.3, 0.4) is 0 Å². The summed E-state index contributed by atoms with van der Waals surface area (Å²) in [5.74, 6) is 1.11. The van der Waals surface area contributed by atoms with Crippen molar-refractivity contribution in [1.82, 2.24) is 0 Å². The normalized spacial score (nSPS) is 15.2. The summed E-state index contributed by atoms with van der Waals surface area (Å²) < 4.78 is 16.5. The second kappa shape index (κ2) is 6.88. The Labute approximate surface area is 147 Å². The highest BCUT2D eigenvalue weighted by Gasteiger charge is 2.25. The van der Waals surface area contributed by atoms with E-state index in [0.29, 0.717) is 17.1 Å². The molecule has 0 atom stereocenters. The lowest BCUT2D eigenvalue weighted by molar-refractivity contribution is -0.129. The van der Waals surface area contributed by atoms with Gasteiger partial charge in [-0.1, -0.05) is 18.2 Å². The van der Waals surface area contributed by atoms with Gasteiger partial charge in [0.05, 0.1) is 18.7 Å². The molecule has 0 spiro atoms. The van der Waals surface area contributed by atoms with E-state index in [2.05, 4.69) is 20.9 Å². The van der Waals surface area contributed by atoms with E-state index in [0.717, 1.165) is 10.0 Å². The highest BCUT2D eigenvalue weighted by atomic mass is 79.9. The number of esters is 1. The number of aliphatic imine (C=N–C) groups is 1. The first-order valence-corrected chi connectivity index (χ1v) is 7.91. The van der Waals surface area contributed by atoms with Crippen LogP contribution in [-0.4, -0.2) is 26.1 Å². The molecule has 0 aliphatic carbocycles. The molecule has 0 saturated carbocycles. The van der Waals surface area contributed by atoms with Crippen LogP contribution in [0.15, 0.2) is 57.6 Å². The fraction of sp³-hybridized carbons (Fsp3) is 0.111. The van der Waals surface area contributed by atoms with E-state index in [1.54, 1.807) is 38.5 Å². The molecule has 0 saturated heterocycles. The van der Waals surface area contributed by atoms with Crippen LogP contribution < -0.4 is 9.47 Å². The number of ether oxygens (including phenoxy) is 3. The van der Waals surface area contributed by atoms with Gasteiger partial charge < -0.3 is 14.2 Å². The molecule has 1 aliphatic heterocycles. The van der Waals surface area contributed by atoms with E-state index in [-0.39, 0.29) is 11.6 Å². The minimum atomic E-state index is -0.497. The molecule has 1 aliphatic rings. The van der Waals surface area contributed by atoms with Crippen LogP contribution in [0.1, 0.15) is 11.1 Å². The van der Waals surface area contributed by atoms with Gasteiger partial charge in [0.1, 0.15) is 11.5 Å². The molecular weight excluding hydrogens is 374 g/mol. The van der Waals surface area contributed by atoms with E-state index in [9.17, 15) is 4.79 Å². The summed E-state index contributed by atoms with van der Waals surface area (Å²) >= 11 is 3.41. The third-order valence-corrected chi connectivity index (χ3v) is 4.07. The van der Waals surface area contributed by atoms with Crippen LogP contribution in [0.2, 0.25) is 0 Å². The lowest BCUT2D eigenvalue weighted by Gasteiger charge is -2.05. The monoisotopic (exact) mass is 387 g/mol. The quantitative estimate of drug-likeness (QED) is 0.591. The summed E-state index contributed by atoms with van der Waals surface area (Å²) in [6.45, 7) is 0. The van der Waals surface area contributed by atoms with E-state index in [1.807, 2.05) is 24.3 Å². The molecule has 0 N–H and O–H groups in total. The fourth-order valence-electron chi connectivity index (χ4n) is 2.27. The van der Waals surface area contributed by atoms with Gasteiger partial charge >= 0.3 is 5.97 Å². The largest absolute Gasteiger partial charge is 0.496 e. The van der Waals surface area contributed by atoms with Crippen molar-refractivity contribution >= 4 is 33.9 Å². The van der Waals surface area contributed by atoms with Gasteiger partial charge in [0.25, 0.3) is 0 Å². The maximum absolute atomic E-state index is 12.1. The predicted molar refractivity (Wildman–Crippen MR) is 94.3 cm³/mol. The van der Waals surface area contributed by atoms with Crippen LogP contribution in [0.25, 0.3) is 6.08 Å². The summed E-state index contributed by atoms with van der Waals surface area (Å²) in [6.07, 6.45) is 1.65. The standard InChI is InChI=1S/C18H14BrNO4/c1-22-15-6-4-3-5-11(15)10-14-18(21)24-17(20-14)12-7-8-16(23-2)13(19)9-12/h3-10H,1-2H3/b14-10+. The number of cyclic esters (lactones) is 1. The van der Waals surface area contributed by atoms with Gasteiger partial charge in [-0.3, -0.25) is 0 Å². The van der Waals surface area contributed by atoms with Gasteiger partial charge in [-0.15, -0.1) is 0 Å². The molecule has 5 nitrogen and oxygen atoms in total. The highest BCUT2D eigenvalue weighted by Crippen LogP contribution is 2.28. The van der Waals surface area contributed by atoms with Crippen molar-refractivity contribution in [3.63, 3.8) is 0 Å². The molecule has 0 bridgehead atoms. The lowest BCUT2D eigenvalue weighted by atomic mass is 10.1. The number of hydrogen-bond acceptors (Lipinski definition) is 5. The van der Waals surface area contributed by atoms with E-state index >= 15 is 0 Å². The molecule has 0 amide bonds. The zero-order valence-corrected chi connectivity index (χ0v) is 14.7. The minimum Gasteiger partial charge on any atom is -0.496 e. The molecular formula is C18H14BrNO4. The maximum atomic E-state index is 12.1. The van der Waals surface area contributed by atoms with Gasteiger partial charge in [-0.05, 0) is 46.3 Å². The molecule has 0 unspecified atom stereocenters. The highest BCUT2D eigenvalue weighted by molar-refractivity contribution is 9.10. The minimum absolute atomic E-state index is 0.224. The summed E-state index contributed by atoms with van der Waals surface area (Å²) in [6, 6.07) is 12.7. The average molecular weight is 388 g/mol. The number of carbonyl (C=O) groups is 1. The number of halogens is 1. The molecule has 1 heterocycles. The van der Waals surface area contributed by atoms with Crippen molar-refractivity contribution in [1.29, 1.82) is 0 Å². The van der Waals surface area contributed by atoms with Crippen molar-refractivity contribution in [2.45, 2.75) is 0 Å². The average Bonchev–Trinajstić information content (AvgIpc) is 2.96. The second-order valence-corrected chi connectivity index (χ2v) is 5.78. The summed E-state index contributed by atoms with van der Waals surface area (Å²) in [5, 5.41) is 0. The number of nitrogens with zero attached hydrogens (tertiary/aromatic N) is 1. The Morgan fingerprint density at radius 2 is 1.83 bits per heavy atom. The molecule has 122 valence electrons. The Morgan fingerprint density at radius 1 is 1.08 bits per heavy atom. The van der Waals surface area contributed by atoms with Crippen LogP contribution in [0, 0.1) is 0 Å². The number of hydrogen-bond donors (Lipinski definition) is 0. The molecule has 3 rings (SSSR count). The molecule has 0 fully saturated rings. The summed E-state index contributed by atoms with van der Waals surface area (Å²) in [5.41, 5.74) is 1.66. The topological polar surface area (TPSA) is 57.1 Å². The Kier molecular flexibility index (Phi) is 4.66. The predicted octanol–water partition coefficient (Wildman–Crippen LogP) is 3.81.